The van der Waals surface area contributed by atoms with Gasteiger partial charge in [-0.1, -0.05) is 46.3 Å². The van der Waals surface area contributed by atoms with Gasteiger partial charge in [0.1, 0.15) is 24.4 Å². The third-order valence-electron chi connectivity index (χ3n) is 15.6. The van der Waals surface area contributed by atoms with Crippen molar-refractivity contribution in [2.75, 3.05) is 13.2 Å². The van der Waals surface area contributed by atoms with Gasteiger partial charge in [-0.3, -0.25) is 4.79 Å². The van der Waals surface area contributed by atoms with E-state index in [-0.39, 0.29) is 35.2 Å². The molecular weight excluding hydrogens is 608 g/mol. The maximum absolute atomic E-state index is 14.5. The highest BCUT2D eigenvalue weighted by Gasteiger charge is 2.72. The van der Waals surface area contributed by atoms with E-state index in [0.29, 0.717) is 38.5 Å². The topological polar surface area (TPSA) is 197 Å². The van der Waals surface area contributed by atoms with E-state index in [1.54, 1.807) is 0 Å². The van der Waals surface area contributed by atoms with Gasteiger partial charge in [-0.25, -0.2) is 0 Å². The van der Waals surface area contributed by atoms with E-state index in [1.807, 2.05) is 20.8 Å². The molecule has 6 aliphatic rings. The first-order valence-electron chi connectivity index (χ1n) is 17.7. The van der Waals surface area contributed by atoms with Crippen molar-refractivity contribution < 1.29 is 55.1 Å². The molecule has 0 amide bonds. The zero-order chi connectivity index (χ0) is 34.7. The molecule has 17 atom stereocenters. The van der Waals surface area contributed by atoms with Crippen LogP contribution in [0.5, 0.6) is 0 Å². The van der Waals surface area contributed by atoms with Crippen LogP contribution in [0.4, 0.5) is 0 Å². The van der Waals surface area contributed by atoms with Crippen molar-refractivity contribution in [2.24, 2.45) is 50.7 Å². The molecule has 0 spiro atoms. The second kappa shape index (κ2) is 11.4. The number of allylic oxidation sites excluding steroid dienone is 1. The average Bonchev–Trinajstić information content (AvgIpc) is 3.02. The van der Waals surface area contributed by atoms with Crippen molar-refractivity contribution in [1.82, 2.24) is 0 Å². The van der Waals surface area contributed by atoms with Crippen LogP contribution in [0.2, 0.25) is 0 Å². The Morgan fingerprint density at radius 3 is 2.23 bits per heavy atom. The molecule has 0 unspecified atom stereocenters. The molecule has 1 heterocycles. The van der Waals surface area contributed by atoms with Gasteiger partial charge < -0.3 is 50.3 Å². The largest absolute Gasteiger partial charge is 0.432 e. The smallest absolute Gasteiger partial charge is 0.315 e. The van der Waals surface area contributed by atoms with Gasteiger partial charge in [0.2, 0.25) is 6.29 Å². The molecule has 47 heavy (non-hydrogen) atoms. The maximum Gasteiger partial charge on any atom is 0.315 e. The molecule has 11 nitrogen and oxygen atoms in total. The molecule has 0 radical (unpaired) electrons. The van der Waals surface area contributed by atoms with Crippen LogP contribution < -0.4 is 0 Å². The summed E-state index contributed by atoms with van der Waals surface area (Å²) in [5.41, 5.74) is -3.27. The molecule has 11 heteroatoms. The molecule has 268 valence electrons. The summed E-state index contributed by atoms with van der Waals surface area (Å²) in [6.07, 6.45) is -2.75. The van der Waals surface area contributed by atoms with Gasteiger partial charge in [0.05, 0.1) is 36.4 Å². The van der Waals surface area contributed by atoms with Crippen molar-refractivity contribution in [1.29, 1.82) is 0 Å². The lowest BCUT2D eigenvalue weighted by molar-refractivity contribution is -0.299. The summed E-state index contributed by atoms with van der Waals surface area (Å²) in [4.78, 5) is 14.5. The lowest BCUT2D eigenvalue weighted by atomic mass is 9.33. The van der Waals surface area contributed by atoms with Crippen molar-refractivity contribution in [3.8, 4) is 0 Å². The number of rotatable bonds is 4. The SMILES string of the molecule is C[C@@H]1CC[C@]2(C(=O)O[C@@H]3O[C@H](CO)[C@@H](O)[C@H](O)[C@H]3O)CC[C@]3(C)C(=CC[C@@H]4[C@@]5(C)C[C@@H](O)[C@@H](O)[C@](C)(CO)[C@@H]5CC[C@]43C)[C@H]2[C@]1(C)O. The van der Waals surface area contributed by atoms with E-state index >= 15 is 0 Å². The molecule has 1 saturated heterocycles. The number of carbonyl (C=O) groups is 1. The quantitative estimate of drug-likeness (QED) is 0.160. The summed E-state index contributed by atoms with van der Waals surface area (Å²) < 4.78 is 11.4. The summed E-state index contributed by atoms with van der Waals surface area (Å²) >= 11 is 0. The van der Waals surface area contributed by atoms with Crippen LogP contribution in [0.1, 0.15) is 92.9 Å². The highest BCUT2D eigenvalue weighted by molar-refractivity contribution is 5.79. The number of esters is 1. The van der Waals surface area contributed by atoms with Crippen LogP contribution >= 0.6 is 0 Å². The molecule has 0 aromatic heterocycles. The number of aliphatic hydroxyl groups is 8. The third-order valence-corrected chi connectivity index (χ3v) is 15.6. The first-order chi connectivity index (χ1) is 21.8. The van der Waals surface area contributed by atoms with Crippen LogP contribution in [-0.2, 0) is 14.3 Å². The molecular formula is C36H58O11. The van der Waals surface area contributed by atoms with E-state index in [0.717, 1.165) is 18.4 Å². The molecule has 4 saturated carbocycles. The monoisotopic (exact) mass is 666 g/mol. The first-order valence-corrected chi connectivity index (χ1v) is 17.7. The third kappa shape index (κ3) is 4.60. The number of ether oxygens (including phenoxy) is 2. The molecule has 1 aliphatic heterocycles. The lowest BCUT2D eigenvalue weighted by Gasteiger charge is -2.72. The Morgan fingerprint density at radius 2 is 1.60 bits per heavy atom. The predicted octanol–water partition coefficient (Wildman–Crippen LogP) is 1.41. The van der Waals surface area contributed by atoms with Crippen LogP contribution in [0.25, 0.3) is 0 Å². The number of carbonyl (C=O) groups excluding carboxylic acids is 1. The number of aliphatic hydroxyl groups excluding tert-OH is 7. The predicted molar refractivity (Wildman–Crippen MR) is 169 cm³/mol. The molecule has 5 aliphatic carbocycles. The van der Waals surface area contributed by atoms with Crippen LogP contribution in [0.3, 0.4) is 0 Å². The summed E-state index contributed by atoms with van der Waals surface area (Å²) in [6.45, 7) is 11.6. The summed E-state index contributed by atoms with van der Waals surface area (Å²) in [5.74, 6) is -1.23. The fourth-order valence-corrected chi connectivity index (χ4v) is 12.4. The Balaban J connectivity index is 1.40. The van der Waals surface area contributed by atoms with Gasteiger partial charge in [-0.05, 0) is 92.3 Å². The Bertz CT molecular complexity index is 1270. The standard InChI is InChI=1S/C36H58O11/c1-18-9-12-36(30(44)47-29-26(42)25(41)24(40)21(16-37)46-29)14-13-33(4)19(27(36)35(18,6)45)7-8-23-31(2)15-20(39)28(43)32(3,17-38)22(31)10-11-34(23,33)5/h7,18,20-29,37-43,45H,8-17H2,1-6H3/t18-,20-,21-,22-,23-,24-,25+,26-,27+,28-,29+,31+,32-,33-,34-,35-,36+/m1/s1. The van der Waals surface area contributed by atoms with E-state index < -0.39 is 83.3 Å². The second-order valence-electron chi connectivity index (χ2n) is 17.5. The van der Waals surface area contributed by atoms with E-state index in [2.05, 4.69) is 26.8 Å². The van der Waals surface area contributed by atoms with Crippen molar-refractivity contribution in [2.45, 2.75) is 141 Å². The summed E-state index contributed by atoms with van der Waals surface area (Å²) in [7, 11) is 0. The van der Waals surface area contributed by atoms with Gasteiger partial charge in [0, 0.05) is 11.3 Å². The number of fused-ring (bicyclic) bond motifs is 7. The second-order valence-corrected chi connectivity index (χ2v) is 17.5. The van der Waals surface area contributed by atoms with E-state index in [4.69, 9.17) is 9.47 Å². The fourth-order valence-electron chi connectivity index (χ4n) is 12.4. The van der Waals surface area contributed by atoms with E-state index in [9.17, 15) is 45.6 Å². The van der Waals surface area contributed by atoms with Crippen LogP contribution in [0.15, 0.2) is 11.6 Å². The molecule has 0 aromatic rings. The minimum atomic E-state index is -1.72. The molecule has 5 fully saturated rings. The van der Waals surface area contributed by atoms with Crippen LogP contribution in [0, 0.1) is 50.7 Å². The molecule has 0 aromatic carbocycles. The summed E-state index contributed by atoms with van der Waals surface area (Å²) in [5, 5.41) is 86.2. The Kier molecular flexibility index (Phi) is 8.68. The van der Waals surface area contributed by atoms with Gasteiger partial charge in [-0.15, -0.1) is 0 Å². The molecule has 8 N–H and O–H groups in total. The minimum absolute atomic E-state index is 0.00373. The van der Waals surface area contributed by atoms with Crippen molar-refractivity contribution >= 4 is 5.97 Å². The van der Waals surface area contributed by atoms with Gasteiger partial charge in [0.15, 0.2) is 0 Å². The zero-order valence-electron chi connectivity index (χ0n) is 28.8. The fraction of sp³-hybridized carbons (Fsp3) is 0.917. The number of hydrogen-bond acceptors (Lipinski definition) is 11. The van der Waals surface area contributed by atoms with E-state index in [1.165, 1.54) is 0 Å². The average molecular weight is 667 g/mol. The maximum atomic E-state index is 14.5. The highest BCUT2D eigenvalue weighted by Crippen LogP contribution is 2.76. The van der Waals surface area contributed by atoms with Crippen molar-refractivity contribution in [3.05, 3.63) is 11.6 Å². The van der Waals surface area contributed by atoms with Gasteiger partial charge >= 0.3 is 5.97 Å². The Hall–Kier alpha value is -1.15. The summed E-state index contributed by atoms with van der Waals surface area (Å²) in [6, 6.07) is 0. The zero-order valence-corrected chi connectivity index (χ0v) is 28.8. The van der Waals surface area contributed by atoms with Gasteiger partial charge in [0.25, 0.3) is 0 Å². The minimum Gasteiger partial charge on any atom is -0.432 e. The number of hydrogen-bond donors (Lipinski definition) is 8. The molecule has 0 bridgehead atoms. The molecule has 6 rings (SSSR count). The lowest BCUT2D eigenvalue weighted by Crippen LogP contribution is -2.69. The Labute approximate surface area is 278 Å². The van der Waals surface area contributed by atoms with Crippen LogP contribution in [-0.4, -0.2) is 109 Å². The highest BCUT2D eigenvalue weighted by atomic mass is 16.7. The van der Waals surface area contributed by atoms with Crippen molar-refractivity contribution in [3.63, 3.8) is 0 Å². The normalized spacial score (nSPS) is 57.5. The Morgan fingerprint density at radius 1 is 0.915 bits per heavy atom. The first kappa shape index (κ1) is 35.7. The van der Waals surface area contributed by atoms with Gasteiger partial charge in [-0.2, -0.15) is 0 Å².